The summed E-state index contributed by atoms with van der Waals surface area (Å²) < 4.78 is 0. The van der Waals surface area contributed by atoms with Crippen LogP contribution in [0.15, 0.2) is 11.6 Å². The van der Waals surface area contributed by atoms with Crippen LogP contribution in [-0.2, 0) is 9.68 Å². The smallest absolute Gasteiger partial charge is 0.159 e. The summed E-state index contributed by atoms with van der Waals surface area (Å²) in [6.07, 6.45) is 3.34. The second-order valence-corrected chi connectivity index (χ2v) is 7.13. The molecule has 0 radical (unpaired) electrons. The van der Waals surface area contributed by atoms with Crippen molar-refractivity contribution in [3.63, 3.8) is 0 Å². The molecule has 0 aliphatic heterocycles. The molecule has 0 aromatic rings. The molecule has 3 nitrogen and oxygen atoms in total. The predicted molar refractivity (Wildman–Crippen MR) is 67.9 cm³/mol. The van der Waals surface area contributed by atoms with Crippen LogP contribution in [0.3, 0.4) is 0 Å². The van der Waals surface area contributed by atoms with E-state index in [0.717, 1.165) is 18.4 Å². The summed E-state index contributed by atoms with van der Waals surface area (Å²) in [5.74, 6) is 1.35. The first-order chi connectivity index (χ1) is 8.35. The van der Waals surface area contributed by atoms with E-state index >= 15 is 0 Å². The van der Waals surface area contributed by atoms with Gasteiger partial charge in [-0.3, -0.25) is 10.1 Å². The van der Waals surface area contributed by atoms with E-state index in [0.29, 0.717) is 11.8 Å². The van der Waals surface area contributed by atoms with Crippen LogP contribution in [0.25, 0.3) is 0 Å². The molecule has 0 heterocycles. The molecule has 0 amide bonds. The van der Waals surface area contributed by atoms with Crippen molar-refractivity contribution in [2.45, 2.75) is 46.6 Å². The van der Waals surface area contributed by atoms with Crippen LogP contribution in [0, 0.1) is 28.6 Å². The van der Waals surface area contributed by atoms with Crippen LogP contribution in [0.5, 0.6) is 0 Å². The summed E-state index contributed by atoms with van der Waals surface area (Å²) in [5, 5.41) is 9.09. The molecular weight excluding hydrogens is 228 g/mol. The molecule has 0 aromatic carbocycles. The molecule has 3 aliphatic carbocycles. The monoisotopic (exact) mass is 250 g/mol. The highest BCUT2D eigenvalue weighted by molar-refractivity contribution is 5.97. The molecule has 100 valence electrons. The molecule has 0 unspecified atom stereocenters. The van der Waals surface area contributed by atoms with Gasteiger partial charge in [-0.1, -0.05) is 27.7 Å². The summed E-state index contributed by atoms with van der Waals surface area (Å²) in [6.45, 7) is 8.91. The number of carbonyl (C=O) groups is 1. The second kappa shape index (κ2) is 3.45. The molecule has 5 atom stereocenters. The molecule has 18 heavy (non-hydrogen) atoms. The number of rotatable bonds is 1. The first-order valence-corrected chi connectivity index (χ1v) is 6.91. The van der Waals surface area contributed by atoms with Gasteiger partial charge in [-0.15, -0.1) is 0 Å². The third-order valence-corrected chi connectivity index (χ3v) is 6.06. The van der Waals surface area contributed by atoms with Gasteiger partial charge in [0.2, 0.25) is 0 Å². The molecule has 3 heteroatoms. The normalized spacial score (nSPS) is 49.2. The molecular formula is C15H22O3. The Labute approximate surface area is 108 Å². The largest absolute Gasteiger partial charge is 0.295 e. The van der Waals surface area contributed by atoms with Gasteiger partial charge in [0.05, 0.1) is 0 Å². The lowest BCUT2D eigenvalue weighted by molar-refractivity contribution is -0.278. The standard InChI is InChI=1S/C15H22O3/c1-8-5-6-11(18-17)9-7-10(16)12-13(14(12,2)3)15(8,9)4/h7-8,11-13,17H,5-6H2,1-4H3/t8-,11+,12-,13+,15+/m0/s1. The fourth-order valence-corrected chi connectivity index (χ4v) is 4.86. The summed E-state index contributed by atoms with van der Waals surface area (Å²) in [4.78, 5) is 16.8. The van der Waals surface area contributed by atoms with Gasteiger partial charge >= 0.3 is 0 Å². The highest BCUT2D eigenvalue weighted by atomic mass is 17.1. The molecule has 3 rings (SSSR count). The van der Waals surface area contributed by atoms with Gasteiger partial charge in [0.15, 0.2) is 5.78 Å². The van der Waals surface area contributed by atoms with Gasteiger partial charge in [-0.2, -0.15) is 0 Å². The van der Waals surface area contributed by atoms with Crippen LogP contribution < -0.4 is 0 Å². The van der Waals surface area contributed by atoms with Crippen LogP contribution >= 0.6 is 0 Å². The zero-order chi connectivity index (χ0) is 13.3. The van der Waals surface area contributed by atoms with Gasteiger partial charge in [0.25, 0.3) is 0 Å². The highest BCUT2D eigenvalue weighted by Crippen LogP contribution is 2.73. The lowest BCUT2D eigenvalue weighted by Gasteiger charge is -2.47. The van der Waals surface area contributed by atoms with Gasteiger partial charge in [-0.05, 0) is 47.2 Å². The first-order valence-electron chi connectivity index (χ1n) is 6.91. The molecule has 0 bridgehead atoms. The molecule has 1 N–H and O–H groups in total. The fourth-order valence-electron chi connectivity index (χ4n) is 4.86. The number of hydrogen-bond acceptors (Lipinski definition) is 3. The average molecular weight is 250 g/mol. The summed E-state index contributed by atoms with van der Waals surface area (Å²) >= 11 is 0. The number of allylic oxidation sites excluding steroid dienone is 1. The predicted octanol–water partition coefficient (Wildman–Crippen LogP) is 3.06. The Kier molecular flexibility index (Phi) is 2.37. The van der Waals surface area contributed by atoms with Crippen LogP contribution in [0.1, 0.15) is 40.5 Å². The van der Waals surface area contributed by atoms with Crippen molar-refractivity contribution in [1.82, 2.24) is 0 Å². The van der Waals surface area contributed by atoms with Crippen LogP contribution in [-0.4, -0.2) is 17.1 Å². The van der Waals surface area contributed by atoms with Gasteiger partial charge in [0.1, 0.15) is 6.10 Å². The Morgan fingerprint density at radius 3 is 2.61 bits per heavy atom. The minimum atomic E-state index is -0.285. The number of carbonyl (C=O) groups excluding carboxylic acids is 1. The number of hydrogen-bond donors (Lipinski definition) is 1. The summed E-state index contributed by atoms with van der Waals surface area (Å²) in [6, 6.07) is 0. The van der Waals surface area contributed by atoms with E-state index in [2.05, 4.69) is 32.6 Å². The minimum absolute atomic E-state index is 0.00766. The molecule has 2 saturated carbocycles. The Hall–Kier alpha value is -0.670. The highest BCUT2D eigenvalue weighted by Gasteiger charge is 2.72. The van der Waals surface area contributed by atoms with E-state index < -0.39 is 0 Å². The van der Waals surface area contributed by atoms with Crippen LogP contribution in [0.2, 0.25) is 0 Å². The third kappa shape index (κ3) is 1.24. The average Bonchev–Trinajstić information content (AvgIpc) is 2.89. The van der Waals surface area contributed by atoms with Crippen molar-refractivity contribution >= 4 is 5.78 Å². The topological polar surface area (TPSA) is 46.5 Å². The van der Waals surface area contributed by atoms with E-state index in [1.165, 1.54) is 0 Å². The minimum Gasteiger partial charge on any atom is -0.295 e. The SMILES string of the molecule is C[C@H]1CC[C@@H](OO)C2=CC(=O)[C@H]3[C@H](C3(C)C)[C@@]21C. The van der Waals surface area contributed by atoms with E-state index in [1.54, 1.807) is 6.08 Å². The first kappa shape index (κ1) is 12.4. The molecule has 0 saturated heterocycles. The lowest BCUT2D eigenvalue weighted by atomic mass is 9.58. The van der Waals surface area contributed by atoms with E-state index in [9.17, 15) is 4.79 Å². The van der Waals surface area contributed by atoms with Gasteiger partial charge in [0, 0.05) is 5.92 Å². The van der Waals surface area contributed by atoms with Gasteiger partial charge < -0.3 is 0 Å². The van der Waals surface area contributed by atoms with E-state index in [4.69, 9.17) is 5.26 Å². The fraction of sp³-hybridized carbons (Fsp3) is 0.800. The van der Waals surface area contributed by atoms with E-state index in [-0.39, 0.29) is 28.6 Å². The second-order valence-electron chi connectivity index (χ2n) is 7.13. The molecule has 0 aromatic heterocycles. The zero-order valence-electron chi connectivity index (χ0n) is 11.6. The lowest BCUT2D eigenvalue weighted by Crippen LogP contribution is -2.44. The van der Waals surface area contributed by atoms with Gasteiger partial charge in [-0.25, -0.2) is 4.89 Å². The van der Waals surface area contributed by atoms with E-state index in [1.807, 2.05) is 0 Å². The van der Waals surface area contributed by atoms with Crippen LogP contribution in [0.4, 0.5) is 0 Å². The maximum absolute atomic E-state index is 12.2. The Bertz CT molecular complexity index is 437. The Balaban J connectivity index is 2.10. The number of ketones is 1. The van der Waals surface area contributed by atoms with Crippen molar-refractivity contribution in [3.8, 4) is 0 Å². The maximum atomic E-state index is 12.2. The summed E-state index contributed by atoms with van der Waals surface area (Å²) in [7, 11) is 0. The van der Waals surface area contributed by atoms with Crippen molar-refractivity contribution in [1.29, 1.82) is 0 Å². The Morgan fingerprint density at radius 2 is 2.00 bits per heavy atom. The van der Waals surface area contributed by atoms with Crippen molar-refractivity contribution in [2.24, 2.45) is 28.6 Å². The molecule has 3 aliphatic rings. The van der Waals surface area contributed by atoms with Crippen molar-refractivity contribution in [2.75, 3.05) is 0 Å². The summed E-state index contributed by atoms with van der Waals surface area (Å²) in [5.41, 5.74) is 1.13. The molecule has 0 spiro atoms. The third-order valence-electron chi connectivity index (χ3n) is 6.06. The van der Waals surface area contributed by atoms with Crippen molar-refractivity contribution < 1.29 is 14.9 Å². The van der Waals surface area contributed by atoms with Crippen molar-refractivity contribution in [3.05, 3.63) is 11.6 Å². The number of fused-ring (bicyclic) bond motifs is 3. The maximum Gasteiger partial charge on any atom is 0.159 e. The molecule has 2 fully saturated rings. The zero-order valence-corrected chi connectivity index (χ0v) is 11.6. The quantitative estimate of drug-likeness (QED) is 0.574. The Morgan fingerprint density at radius 1 is 1.33 bits per heavy atom.